The Morgan fingerprint density at radius 2 is 1.85 bits per heavy atom. The number of aliphatic hydroxyl groups is 1. The predicted molar refractivity (Wildman–Crippen MR) is 77.2 cm³/mol. The van der Waals surface area contributed by atoms with Crippen LogP contribution in [-0.2, 0) is 0 Å². The molecule has 0 radical (unpaired) electrons. The number of carbonyl (C=O) groups is 1. The van der Waals surface area contributed by atoms with E-state index >= 15 is 0 Å². The van der Waals surface area contributed by atoms with Crippen LogP contribution >= 0.6 is 15.9 Å². The predicted octanol–water partition coefficient (Wildman–Crippen LogP) is 2.89. The third kappa shape index (κ3) is 3.55. The first-order valence-corrected chi connectivity index (χ1v) is 6.72. The van der Waals surface area contributed by atoms with Crippen molar-refractivity contribution in [3.05, 3.63) is 64.4 Å². The van der Waals surface area contributed by atoms with E-state index in [4.69, 9.17) is 5.11 Å². The van der Waals surface area contributed by atoms with Crippen LogP contribution in [0.4, 0.5) is 4.79 Å². The molecular formula is C14H13BrN2O3. The minimum absolute atomic E-state index is 0.443. The summed E-state index contributed by atoms with van der Waals surface area (Å²) < 4.78 is 0.576. The topological polar surface area (TPSA) is 82.5 Å². The number of nitrogens with zero attached hydrogens (tertiary/aromatic N) is 1. The minimum atomic E-state index is -1.22. The van der Waals surface area contributed by atoms with E-state index in [1.54, 1.807) is 42.5 Å². The van der Waals surface area contributed by atoms with Crippen LogP contribution in [0.15, 0.2) is 53.1 Å². The van der Waals surface area contributed by atoms with E-state index in [1.165, 1.54) is 0 Å². The lowest BCUT2D eigenvalue weighted by Crippen LogP contribution is -2.32. The van der Waals surface area contributed by atoms with E-state index in [0.717, 1.165) is 0 Å². The van der Waals surface area contributed by atoms with E-state index in [-0.39, 0.29) is 0 Å². The van der Waals surface area contributed by atoms with Gasteiger partial charge in [-0.3, -0.25) is 0 Å². The van der Waals surface area contributed by atoms with Gasteiger partial charge in [0.2, 0.25) is 0 Å². The normalized spacial score (nSPS) is 13.5. The zero-order chi connectivity index (χ0) is 14.5. The van der Waals surface area contributed by atoms with Gasteiger partial charge in [0.15, 0.2) is 0 Å². The average molecular weight is 337 g/mol. The molecule has 1 amide bonds. The minimum Gasteiger partial charge on any atom is -0.465 e. The molecule has 104 valence electrons. The third-order valence-corrected chi connectivity index (χ3v) is 3.23. The number of benzene rings is 1. The van der Waals surface area contributed by atoms with Gasteiger partial charge >= 0.3 is 6.09 Å². The summed E-state index contributed by atoms with van der Waals surface area (Å²) in [5.74, 6) is 0. The summed E-state index contributed by atoms with van der Waals surface area (Å²) in [6, 6.07) is 13.2. The highest BCUT2D eigenvalue weighted by molar-refractivity contribution is 9.10. The molecule has 20 heavy (non-hydrogen) atoms. The van der Waals surface area contributed by atoms with Crippen LogP contribution in [0.1, 0.15) is 23.4 Å². The van der Waals surface area contributed by atoms with E-state index in [1.807, 2.05) is 6.07 Å². The van der Waals surface area contributed by atoms with Crippen LogP contribution in [0.2, 0.25) is 0 Å². The Labute approximate surface area is 124 Å². The van der Waals surface area contributed by atoms with E-state index < -0.39 is 18.2 Å². The molecular weight excluding hydrogens is 324 g/mol. The number of pyridine rings is 1. The Kier molecular flexibility index (Phi) is 4.70. The molecule has 0 fully saturated rings. The monoisotopic (exact) mass is 336 g/mol. The Morgan fingerprint density at radius 1 is 1.15 bits per heavy atom. The van der Waals surface area contributed by atoms with Crippen LogP contribution in [0.25, 0.3) is 0 Å². The molecule has 0 saturated carbocycles. The number of halogens is 1. The average Bonchev–Trinajstić information content (AvgIpc) is 2.45. The maximum absolute atomic E-state index is 10.9. The lowest BCUT2D eigenvalue weighted by molar-refractivity contribution is 0.119. The smallest absolute Gasteiger partial charge is 0.405 e. The second-order valence-corrected chi connectivity index (χ2v) is 4.98. The first-order chi connectivity index (χ1) is 9.58. The fourth-order valence-corrected chi connectivity index (χ4v) is 2.24. The van der Waals surface area contributed by atoms with Gasteiger partial charge in [0.25, 0.3) is 0 Å². The number of hydrogen-bond acceptors (Lipinski definition) is 3. The van der Waals surface area contributed by atoms with Crippen molar-refractivity contribution in [3.63, 3.8) is 0 Å². The molecule has 1 aromatic heterocycles. The summed E-state index contributed by atoms with van der Waals surface area (Å²) in [6.07, 6.45) is -2.24. The third-order valence-electron chi connectivity index (χ3n) is 2.79. The highest BCUT2D eigenvalue weighted by atomic mass is 79.9. The van der Waals surface area contributed by atoms with Gasteiger partial charge < -0.3 is 15.5 Å². The molecule has 2 rings (SSSR count). The maximum Gasteiger partial charge on any atom is 0.405 e. The number of aliphatic hydroxyl groups excluding tert-OH is 1. The van der Waals surface area contributed by atoms with Crippen molar-refractivity contribution in [2.45, 2.75) is 12.1 Å². The summed E-state index contributed by atoms with van der Waals surface area (Å²) in [4.78, 5) is 15.1. The molecule has 1 aromatic carbocycles. The molecule has 3 N–H and O–H groups in total. The molecule has 6 heteroatoms. The Balaban J connectivity index is 2.35. The van der Waals surface area contributed by atoms with Gasteiger partial charge in [-0.1, -0.05) is 36.4 Å². The van der Waals surface area contributed by atoms with Gasteiger partial charge in [0.05, 0.1) is 5.69 Å². The first kappa shape index (κ1) is 14.5. The Bertz CT molecular complexity index is 592. The standard InChI is InChI=1S/C14H13BrN2O3/c15-11-8-4-7-10(16-11)12(17-14(19)20)13(18)9-5-2-1-3-6-9/h1-8,12-13,17-18H,(H,19,20)/t12-,13-/m1/s1. The quantitative estimate of drug-likeness (QED) is 0.749. The fraction of sp³-hybridized carbons (Fsp3) is 0.143. The molecule has 0 unspecified atom stereocenters. The fourth-order valence-electron chi connectivity index (χ4n) is 1.89. The Hall–Kier alpha value is -1.92. The van der Waals surface area contributed by atoms with Crippen molar-refractivity contribution >= 4 is 22.0 Å². The molecule has 0 saturated heterocycles. The van der Waals surface area contributed by atoms with Crippen LogP contribution in [0.3, 0.4) is 0 Å². The molecule has 0 aliphatic heterocycles. The second-order valence-electron chi connectivity index (χ2n) is 4.17. The Morgan fingerprint density at radius 3 is 2.45 bits per heavy atom. The van der Waals surface area contributed by atoms with Crippen molar-refractivity contribution < 1.29 is 15.0 Å². The van der Waals surface area contributed by atoms with Gasteiger partial charge in [0.1, 0.15) is 16.7 Å². The molecule has 0 bridgehead atoms. The highest BCUT2D eigenvalue weighted by Gasteiger charge is 2.25. The van der Waals surface area contributed by atoms with Gasteiger partial charge in [-0.2, -0.15) is 0 Å². The van der Waals surface area contributed by atoms with Gasteiger partial charge in [-0.15, -0.1) is 0 Å². The lowest BCUT2D eigenvalue weighted by atomic mass is 9.99. The number of rotatable bonds is 4. The van der Waals surface area contributed by atoms with Crippen molar-refractivity contribution in [3.8, 4) is 0 Å². The number of hydrogen-bond donors (Lipinski definition) is 3. The molecule has 0 aliphatic rings. The lowest BCUT2D eigenvalue weighted by Gasteiger charge is -2.22. The number of aromatic nitrogens is 1. The SMILES string of the molecule is O=C(O)N[C@H](c1cccc(Br)n1)[C@H](O)c1ccccc1. The summed E-state index contributed by atoms with van der Waals surface area (Å²) >= 11 is 3.23. The molecule has 1 heterocycles. The van der Waals surface area contributed by atoms with E-state index in [0.29, 0.717) is 15.9 Å². The highest BCUT2D eigenvalue weighted by Crippen LogP contribution is 2.28. The second kappa shape index (κ2) is 6.49. The molecule has 0 spiro atoms. The zero-order valence-corrected chi connectivity index (χ0v) is 12.0. The van der Waals surface area contributed by atoms with Crippen molar-refractivity contribution in [1.82, 2.24) is 10.3 Å². The number of nitrogens with one attached hydrogen (secondary N) is 1. The zero-order valence-electron chi connectivity index (χ0n) is 10.4. The molecule has 2 atom stereocenters. The number of carboxylic acid groups (broad SMARTS) is 1. The van der Waals surface area contributed by atoms with E-state index in [2.05, 4.69) is 26.2 Å². The van der Waals surface area contributed by atoms with E-state index in [9.17, 15) is 9.90 Å². The first-order valence-electron chi connectivity index (χ1n) is 5.93. The van der Waals surface area contributed by atoms with Crippen LogP contribution in [0, 0.1) is 0 Å². The largest absolute Gasteiger partial charge is 0.465 e. The molecule has 5 nitrogen and oxygen atoms in total. The summed E-state index contributed by atoms with van der Waals surface area (Å²) in [5.41, 5.74) is 1.06. The summed E-state index contributed by atoms with van der Waals surface area (Å²) in [5, 5.41) is 21.6. The molecule has 0 aliphatic carbocycles. The van der Waals surface area contributed by atoms with Crippen LogP contribution < -0.4 is 5.32 Å². The molecule has 2 aromatic rings. The van der Waals surface area contributed by atoms with Gasteiger partial charge in [-0.05, 0) is 33.6 Å². The summed E-state index contributed by atoms with van der Waals surface area (Å²) in [7, 11) is 0. The van der Waals surface area contributed by atoms with Gasteiger partial charge in [-0.25, -0.2) is 9.78 Å². The summed E-state index contributed by atoms with van der Waals surface area (Å²) in [6.45, 7) is 0. The van der Waals surface area contributed by atoms with Crippen molar-refractivity contribution in [1.29, 1.82) is 0 Å². The van der Waals surface area contributed by atoms with Gasteiger partial charge in [0, 0.05) is 0 Å². The van der Waals surface area contributed by atoms with Crippen molar-refractivity contribution in [2.24, 2.45) is 0 Å². The number of amides is 1. The van der Waals surface area contributed by atoms with Crippen LogP contribution in [-0.4, -0.2) is 21.3 Å². The maximum atomic E-state index is 10.9. The van der Waals surface area contributed by atoms with Crippen molar-refractivity contribution in [2.75, 3.05) is 0 Å². The van der Waals surface area contributed by atoms with Crippen LogP contribution in [0.5, 0.6) is 0 Å².